The second-order valence-corrected chi connectivity index (χ2v) is 8.51. The van der Waals surface area contributed by atoms with Crippen molar-refractivity contribution in [1.82, 2.24) is 18.7 Å². The number of imidazole rings is 1. The molecule has 0 unspecified atom stereocenters. The van der Waals surface area contributed by atoms with Crippen molar-refractivity contribution in [3.63, 3.8) is 0 Å². The standard InChI is InChI=1S/C20H19N5O3S2/c1-23-18-17(19(27)24(2)20(23)28)25(12-21-18)9-16(26)22-14-5-3-4-6-15(14)30-11-13-7-8-29-10-13/h3-8,10,12H,9,11H2,1-2H3,(H,22,26). The zero-order valence-electron chi connectivity index (χ0n) is 16.4. The number of carbonyl (C=O) groups is 1. The molecule has 4 aromatic rings. The fourth-order valence-corrected chi connectivity index (χ4v) is 4.82. The summed E-state index contributed by atoms with van der Waals surface area (Å²) < 4.78 is 3.77. The number of thioether (sulfide) groups is 1. The Morgan fingerprint density at radius 2 is 1.97 bits per heavy atom. The number of nitrogens with zero attached hydrogens (tertiary/aromatic N) is 4. The molecule has 0 fully saturated rings. The monoisotopic (exact) mass is 441 g/mol. The van der Waals surface area contributed by atoms with Crippen molar-refractivity contribution in [3.8, 4) is 0 Å². The van der Waals surface area contributed by atoms with Gasteiger partial charge in [0.2, 0.25) is 5.91 Å². The topological polar surface area (TPSA) is 90.9 Å². The van der Waals surface area contributed by atoms with Crippen molar-refractivity contribution < 1.29 is 4.79 Å². The van der Waals surface area contributed by atoms with Crippen molar-refractivity contribution in [2.24, 2.45) is 14.1 Å². The van der Waals surface area contributed by atoms with Gasteiger partial charge in [0.25, 0.3) is 5.56 Å². The highest BCUT2D eigenvalue weighted by Crippen LogP contribution is 2.30. The Morgan fingerprint density at radius 1 is 1.17 bits per heavy atom. The summed E-state index contributed by atoms with van der Waals surface area (Å²) in [5, 5.41) is 7.06. The Morgan fingerprint density at radius 3 is 2.73 bits per heavy atom. The molecule has 0 radical (unpaired) electrons. The van der Waals surface area contributed by atoms with Crippen molar-refractivity contribution in [2.45, 2.75) is 17.2 Å². The molecule has 0 aliphatic carbocycles. The molecule has 0 aliphatic heterocycles. The van der Waals surface area contributed by atoms with Crippen LogP contribution in [0.1, 0.15) is 5.56 Å². The predicted octanol–water partition coefficient (Wildman–Crippen LogP) is 2.43. The van der Waals surface area contributed by atoms with Crippen LogP contribution in [0.5, 0.6) is 0 Å². The lowest BCUT2D eigenvalue weighted by molar-refractivity contribution is -0.116. The largest absolute Gasteiger partial charge is 0.332 e. The summed E-state index contributed by atoms with van der Waals surface area (Å²) in [6.07, 6.45) is 1.41. The fourth-order valence-electron chi connectivity index (χ4n) is 3.09. The van der Waals surface area contributed by atoms with Gasteiger partial charge < -0.3 is 9.88 Å². The molecule has 154 valence electrons. The first-order valence-electron chi connectivity index (χ1n) is 9.09. The van der Waals surface area contributed by atoms with Gasteiger partial charge in [0, 0.05) is 24.7 Å². The first-order valence-corrected chi connectivity index (χ1v) is 11.0. The molecule has 10 heteroatoms. The lowest BCUT2D eigenvalue weighted by Crippen LogP contribution is -2.37. The lowest BCUT2D eigenvalue weighted by atomic mass is 10.3. The van der Waals surface area contributed by atoms with Crippen LogP contribution in [0.25, 0.3) is 11.2 Å². The van der Waals surface area contributed by atoms with E-state index in [0.717, 1.165) is 15.2 Å². The Balaban J connectivity index is 1.55. The fraction of sp³-hybridized carbons (Fsp3) is 0.200. The summed E-state index contributed by atoms with van der Waals surface area (Å²) in [7, 11) is 2.95. The summed E-state index contributed by atoms with van der Waals surface area (Å²) in [4.78, 5) is 42.4. The van der Waals surface area contributed by atoms with E-state index in [1.807, 2.05) is 29.6 Å². The zero-order valence-corrected chi connectivity index (χ0v) is 18.0. The van der Waals surface area contributed by atoms with E-state index in [1.165, 1.54) is 28.1 Å². The van der Waals surface area contributed by atoms with E-state index in [1.54, 1.807) is 30.1 Å². The number of amides is 1. The van der Waals surface area contributed by atoms with Gasteiger partial charge in [0.05, 0.1) is 12.0 Å². The number of para-hydroxylation sites is 1. The van der Waals surface area contributed by atoms with E-state index in [9.17, 15) is 14.4 Å². The normalized spacial score (nSPS) is 11.1. The molecule has 30 heavy (non-hydrogen) atoms. The predicted molar refractivity (Wildman–Crippen MR) is 119 cm³/mol. The van der Waals surface area contributed by atoms with Crippen LogP contribution in [0.3, 0.4) is 0 Å². The van der Waals surface area contributed by atoms with Gasteiger partial charge >= 0.3 is 5.69 Å². The van der Waals surface area contributed by atoms with Crippen molar-refractivity contribution in [3.05, 3.63) is 73.8 Å². The van der Waals surface area contributed by atoms with E-state index in [4.69, 9.17) is 0 Å². The second kappa shape index (κ2) is 8.33. The van der Waals surface area contributed by atoms with Crippen molar-refractivity contribution in [1.29, 1.82) is 0 Å². The van der Waals surface area contributed by atoms with Gasteiger partial charge in [0.15, 0.2) is 11.2 Å². The highest BCUT2D eigenvalue weighted by molar-refractivity contribution is 7.98. The molecule has 4 rings (SSSR count). The molecule has 8 nitrogen and oxygen atoms in total. The Labute approximate surface area is 179 Å². The third-order valence-corrected chi connectivity index (χ3v) is 6.54. The number of thiophene rings is 1. The van der Waals surface area contributed by atoms with E-state index in [2.05, 4.69) is 21.7 Å². The van der Waals surface area contributed by atoms with Crippen LogP contribution >= 0.6 is 23.1 Å². The smallest absolute Gasteiger partial charge is 0.324 e. The first kappa shape index (κ1) is 20.2. The highest BCUT2D eigenvalue weighted by atomic mass is 32.2. The van der Waals surface area contributed by atoms with Gasteiger partial charge in [-0.2, -0.15) is 11.3 Å². The minimum atomic E-state index is -0.481. The molecule has 0 saturated heterocycles. The number of hydrogen-bond donors (Lipinski definition) is 1. The number of fused-ring (bicyclic) bond motifs is 1. The van der Waals surface area contributed by atoms with Crippen LogP contribution in [0.2, 0.25) is 0 Å². The number of anilines is 1. The summed E-state index contributed by atoms with van der Waals surface area (Å²) in [5.41, 5.74) is 1.48. The molecule has 0 atom stereocenters. The van der Waals surface area contributed by atoms with Crippen molar-refractivity contribution >= 4 is 45.9 Å². The van der Waals surface area contributed by atoms with E-state index >= 15 is 0 Å². The minimum Gasteiger partial charge on any atom is -0.324 e. The van der Waals surface area contributed by atoms with Gasteiger partial charge in [-0.05, 0) is 34.5 Å². The summed E-state index contributed by atoms with van der Waals surface area (Å²) in [6, 6.07) is 9.69. The van der Waals surface area contributed by atoms with Crippen LogP contribution < -0.4 is 16.6 Å². The molecule has 1 aromatic carbocycles. The summed E-state index contributed by atoms with van der Waals surface area (Å²) >= 11 is 3.30. The van der Waals surface area contributed by atoms with Crippen molar-refractivity contribution in [2.75, 3.05) is 5.32 Å². The number of rotatable bonds is 6. The lowest BCUT2D eigenvalue weighted by Gasteiger charge is -2.11. The highest BCUT2D eigenvalue weighted by Gasteiger charge is 2.16. The number of aryl methyl sites for hydroxylation is 1. The Hall–Kier alpha value is -3.11. The maximum absolute atomic E-state index is 12.7. The summed E-state index contributed by atoms with van der Waals surface area (Å²) in [5.74, 6) is 0.529. The van der Waals surface area contributed by atoms with E-state index in [-0.39, 0.29) is 23.6 Å². The van der Waals surface area contributed by atoms with Crippen LogP contribution in [0.15, 0.2) is 61.9 Å². The maximum atomic E-state index is 12.7. The van der Waals surface area contributed by atoms with Gasteiger partial charge in [-0.15, -0.1) is 11.8 Å². The van der Waals surface area contributed by atoms with Crippen LogP contribution in [-0.2, 0) is 31.2 Å². The first-order chi connectivity index (χ1) is 14.5. The molecule has 0 aliphatic rings. The SMILES string of the molecule is Cn1c(=O)c2c(ncn2CC(=O)Nc2ccccc2SCc2ccsc2)n(C)c1=O. The maximum Gasteiger partial charge on any atom is 0.332 e. The molecule has 3 heterocycles. The Bertz CT molecular complexity index is 1330. The second-order valence-electron chi connectivity index (χ2n) is 6.72. The van der Waals surface area contributed by atoms with Crippen LogP contribution in [-0.4, -0.2) is 24.6 Å². The van der Waals surface area contributed by atoms with Crippen LogP contribution in [0, 0.1) is 0 Å². The third-order valence-electron chi connectivity index (χ3n) is 4.67. The molecular formula is C20H19N5O3S2. The number of benzene rings is 1. The molecule has 0 saturated carbocycles. The third kappa shape index (κ3) is 3.83. The molecule has 0 spiro atoms. The average molecular weight is 442 g/mol. The van der Waals surface area contributed by atoms with Gasteiger partial charge in [-0.1, -0.05) is 12.1 Å². The molecule has 3 aromatic heterocycles. The van der Waals surface area contributed by atoms with E-state index < -0.39 is 11.2 Å². The van der Waals surface area contributed by atoms with Gasteiger partial charge in [-0.3, -0.25) is 18.7 Å². The number of nitrogens with one attached hydrogen (secondary N) is 1. The number of aromatic nitrogens is 4. The minimum absolute atomic E-state index is 0.0898. The van der Waals surface area contributed by atoms with Gasteiger partial charge in [-0.25, -0.2) is 9.78 Å². The van der Waals surface area contributed by atoms with Gasteiger partial charge in [0.1, 0.15) is 6.54 Å². The van der Waals surface area contributed by atoms with E-state index in [0.29, 0.717) is 5.69 Å². The van der Waals surface area contributed by atoms with Crippen LogP contribution in [0.4, 0.5) is 5.69 Å². The number of carbonyl (C=O) groups excluding carboxylic acids is 1. The number of hydrogen-bond acceptors (Lipinski definition) is 6. The molecule has 1 amide bonds. The summed E-state index contributed by atoms with van der Waals surface area (Å²) in [6.45, 7) is -0.0898. The molecular weight excluding hydrogens is 422 g/mol. The molecule has 0 bridgehead atoms. The average Bonchev–Trinajstić information content (AvgIpc) is 3.40. The quantitative estimate of drug-likeness (QED) is 0.464. The molecule has 1 N–H and O–H groups in total. The Kier molecular flexibility index (Phi) is 5.60. The zero-order chi connectivity index (χ0) is 21.3.